The third kappa shape index (κ3) is 74.7. The Morgan fingerprint density at radius 3 is 1.64 bits per heavy atom. The summed E-state index contributed by atoms with van der Waals surface area (Å²) in [5.74, 6) is -2.17. The predicted molar refractivity (Wildman–Crippen MR) is 35.5 cm³/mol. The van der Waals surface area contributed by atoms with Crippen LogP contribution in [0.1, 0.15) is 13.8 Å². The quantitative estimate of drug-likeness (QED) is 0.479. The predicted octanol–water partition coefficient (Wildman–Crippen LogP) is -3.29. The van der Waals surface area contributed by atoms with E-state index >= 15 is 0 Å². The van der Waals surface area contributed by atoms with E-state index in [4.69, 9.17) is 19.8 Å². The molecule has 1 heterocycles. The Bertz CT molecular complexity index is 190. The van der Waals surface area contributed by atoms with E-state index in [0.717, 1.165) is 13.8 Å². The molecule has 0 radical (unpaired) electrons. The van der Waals surface area contributed by atoms with E-state index in [1.54, 1.807) is 0 Å². The molecule has 0 aromatic carbocycles. The minimum atomic E-state index is -1.08. The van der Waals surface area contributed by atoms with Gasteiger partial charge in [-0.05, 0) is 13.8 Å². The zero-order valence-corrected chi connectivity index (χ0v) is 10.7. The number of nitrogens with zero attached hydrogens (tertiary/aromatic N) is 3. The van der Waals surface area contributed by atoms with Gasteiger partial charge in [0.1, 0.15) is 0 Å². The van der Waals surface area contributed by atoms with Gasteiger partial charge in [0, 0.05) is 11.9 Å². The van der Waals surface area contributed by atoms with Gasteiger partial charge >= 0.3 is 19.5 Å². The molecule has 0 amide bonds. The molecule has 0 saturated carbocycles. The first-order chi connectivity index (χ1) is 5.96. The number of aliphatic carboxylic acids is 2. The van der Waals surface area contributed by atoms with Crippen molar-refractivity contribution in [3.8, 4) is 0 Å². The second kappa shape index (κ2) is 14.2. The SMILES string of the molecule is CC(=O)[O-].CC(=O)[O-].[Zn+2].c1nn[nH]n1. The van der Waals surface area contributed by atoms with Crippen LogP contribution < -0.4 is 10.2 Å². The van der Waals surface area contributed by atoms with Crippen LogP contribution in [0.4, 0.5) is 0 Å². The fourth-order valence-corrected chi connectivity index (χ4v) is 0.129. The molecule has 0 aliphatic heterocycles. The summed E-state index contributed by atoms with van der Waals surface area (Å²) in [5, 5.41) is 29.9. The van der Waals surface area contributed by atoms with Crippen molar-refractivity contribution in [2.24, 2.45) is 0 Å². The zero-order valence-electron chi connectivity index (χ0n) is 7.76. The molecule has 9 heteroatoms. The molecule has 0 unspecified atom stereocenters. The molecular formula is C5H8N4O4Zn. The summed E-state index contributed by atoms with van der Waals surface area (Å²) in [5.41, 5.74) is 0. The summed E-state index contributed by atoms with van der Waals surface area (Å²) in [4.78, 5) is 17.8. The van der Waals surface area contributed by atoms with Gasteiger partial charge in [0.15, 0.2) is 6.33 Å². The van der Waals surface area contributed by atoms with E-state index in [-0.39, 0.29) is 19.5 Å². The van der Waals surface area contributed by atoms with Gasteiger partial charge in [-0.2, -0.15) is 5.21 Å². The molecule has 0 saturated heterocycles. The molecular weight excluding hydrogens is 245 g/mol. The molecule has 1 rings (SSSR count). The maximum absolute atomic E-state index is 8.89. The fourth-order valence-electron chi connectivity index (χ4n) is 0.129. The van der Waals surface area contributed by atoms with Crippen LogP contribution in [0.2, 0.25) is 0 Å². The Kier molecular flexibility index (Phi) is 18.7. The third-order valence-corrected chi connectivity index (χ3v) is 0.270. The first-order valence-corrected chi connectivity index (χ1v) is 2.98. The Morgan fingerprint density at radius 1 is 1.21 bits per heavy atom. The van der Waals surface area contributed by atoms with E-state index in [0.29, 0.717) is 0 Å². The van der Waals surface area contributed by atoms with Crippen LogP contribution in [0.3, 0.4) is 0 Å². The van der Waals surface area contributed by atoms with Gasteiger partial charge in [-0.15, -0.1) is 10.2 Å². The van der Waals surface area contributed by atoms with Crippen LogP contribution in [-0.4, -0.2) is 32.6 Å². The number of tetrazole rings is 1. The summed E-state index contributed by atoms with van der Waals surface area (Å²) < 4.78 is 0. The first-order valence-electron chi connectivity index (χ1n) is 2.98. The van der Waals surface area contributed by atoms with E-state index in [1.165, 1.54) is 6.33 Å². The maximum Gasteiger partial charge on any atom is 2.00 e. The molecule has 0 aliphatic carbocycles. The summed E-state index contributed by atoms with van der Waals surface area (Å²) in [6, 6.07) is 0. The normalized spacial score (nSPS) is 6.43. The smallest absolute Gasteiger partial charge is 0.550 e. The standard InChI is InChI=1S/2C2H4O2.CH2N4.Zn/c2*1-2(3)4;1-2-4-5-3-1;/h2*1H3,(H,3,4);1H,(H,2,3,4,5);/q;;;+2/p-2. The maximum atomic E-state index is 8.89. The topological polar surface area (TPSA) is 135 Å². The third-order valence-electron chi connectivity index (χ3n) is 0.270. The molecule has 1 aromatic rings. The van der Waals surface area contributed by atoms with Crippen LogP contribution in [0.15, 0.2) is 6.33 Å². The van der Waals surface area contributed by atoms with E-state index < -0.39 is 11.9 Å². The van der Waals surface area contributed by atoms with Crippen LogP contribution in [0.25, 0.3) is 0 Å². The summed E-state index contributed by atoms with van der Waals surface area (Å²) >= 11 is 0. The Labute approximate surface area is 92.5 Å². The number of rotatable bonds is 0. The van der Waals surface area contributed by atoms with E-state index in [2.05, 4.69) is 20.6 Å². The van der Waals surface area contributed by atoms with Gasteiger partial charge < -0.3 is 19.8 Å². The summed E-state index contributed by atoms with van der Waals surface area (Å²) in [6.45, 7) is 1.94. The monoisotopic (exact) mass is 252 g/mol. The van der Waals surface area contributed by atoms with Crippen molar-refractivity contribution in [2.75, 3.05) is 0 Å². The van der Waals surface area contributed by atoms with Gasteiger partial charge in [-0.1, -0.05) is 5.21 Å². The van der Waals surface area contributed by atoms with E-state index in [9.17, 15) is 0 Å². The summed E-state index contributed by atoms with van der Waals surface area (Å²) in [6.07, 6.45) is 1.33. The number of carboxylic acid groups (broad SMARTS) is 2. The second-order valence-corrected chi connectivity index (χ2v) is 1.54. The molecule has 0 fully saturated rings. The van der Waals surface area contributed by atoms with Crippen molar-refractivity contribution in [1.82, 2.24) is 20.6 Å². The average molecular weight is 254 g/mol. The van der Waals surface area contributed by atoms with Crippen molar-refractivity contribution in [1.29, 1.82) is 0 Å². The fraction of sp³-hybridized carbons (Fsp3) is 0.400. The van der Waals surface area contributed by atoms with Crippen molar-refractivity contribution < 1.29 is 39.3 Å². The van der Waals surface area contributed by atoms with Crippen molar-refractivity contribution >= 4 is 11.9 Å². The number of aromatic amines is 1. The van der Waals surface area contributed by atoms with Crippen LogP contribution in [0, 0.1) is 0 Å². The molecule has 1 N–H and O–H groups in total. The van der Waals surface area contributed by atoms with Gasteiger partial charge in [0.05, 0.1) is 0 Å². The zero-order chi connectivity index (χ0) is 10.7. The van der Waals surface area contributed by atoms with Crippen molar-refractivity contribution in [3.05, 3.63) is 6.33 Å². The first kappa shape index (κ1) is 18.4. The Balaban J connectivity index is -0.000000127. The number of hydrogen-bond acceptors (Lipinski definition) is 7. The molecule has 8 nitrogen and oxygen atoms in total. The number of carboxylic acids is 2. The van der Waals surface area contributed by atoms with Crippen molar-refractivity contribution in [2.45, 2.75) is 13.8 Å². The minimum absolute atomic E-state index is 0. The molecule has 0 atom stereocenters. The average Bonchev–Trinajstić information content (AvgIpc) is 2.35. The second-order valence-electron chi connectivity index (χ2n) is 1.54. The number of H-pyrrole nitrogens is 1. The molecule has 0 aliphatic rings. The van der Waals surface area contributed by atoms with Crippen LogP contribution in [-0.2, 0) is 29.1 Å². The van der Waals surface area contributed by atoms with Gasteiger partial charge in [-0.3, -0.25) is 0 Å². The van der Waals surface area contributed by atoms with Gasteiger partial charge in [-0.25, -0.2) is 0 Å². The van der Waals surface area contributed by atoms with Crippen molar-refractivity contribution in [3.63, 3.8) is 0 Å². The Morgan fingerprint density at radius 2 is 1.57 bits per heavy atom. The molecule has 0 bridgehead atoms. The molecule has 0 spiro atoms. The number of nitrogens with one attached hydrogen (secondary N) is 1. The number of carbonyl (C=O) groups is 2. The number of carbonyl (C=O) groups excluding carboxylic acids is 2. The van der Waals surface area contributed by atoms with E-state index in [1.807, 2.05) is 0 Å². The van der Waals surface area contributed by atoms with Gasteiger partial charge in [0.25, 0.3) is 0 Å². The molecule has 1 aromatic heterocycles. The molecule has 14 heavy (non-hydrogen) atoms. The summed E-state index contributed by atoms with van der Waals surface area (Å²) in [7, 11) is 0. The van der Waals surface area contributed by atoms with Crippen LogP contribution >= 0.6 is 0 Å². The Hall–Kier alpha value is -1.37. The van der Waals surface area contributed by atoms with Crippen LogP contribution in [0.5, 0.6) is 0 Å². The number of hydrogen-bond donors (Lipinski definition) is 1. The minimum Gasteiger partial charge on any atom is -0.550 e. The number of aromatic nitrogens is 4. The van der Waals surface area contributed by atoms with Gasteiger partial charge in [0.2, 0.25) is 0 Å². The largest absolute Gasteiger partial charge is 2.00 e. The molecule has 74 valence electrons.